The molecule has 16 heavy (non-hydrogen) atoms. The molecule has 0 saturated heterocycles. The van der Waals surface area contributed by atoms with E-state index in [1.807, 2.05) is 0 Å². The van der Waals surface area contributed by atoms with Crippen LogP contribution in [0.4, 0.5) is 0 Å². The van der Waals surface area contributed by atoms with Crippen molar-refractivity contribution < 1.29 is 5.11 Å². The Labute approximate surface area is 100 Å². The van der Waals surface area contributed by atoms with Crippen LogP contribution in [0.3, 0.4) is 0 Å². The molecule has 2 fully saturated rings. The van der Waals surface area contributed by atoms with Gasteiger partial charge in [0, 0.05) is 12.6 Å². The lowest BCUT2D eigenvalue weighted by atomic mass is 9.73. The van der Waals surface area contributed by atoms with Crippen molar-refractivity contribution in [2.45, 2.75) is 58.6 Å². The molecule has 0 spiro atoms. The van der Waals surface area contributed by atoms with Crippen molar-refractivity contribution in [3.05, 3.63) is 0 Å². The van der Waals surface area contributed by atoms with Crippen LogP contribution in [-0.4, -0.2) is 35.7 Å². The van der Waals surface area contributed by atoms with Crippen molar-refractivity contribution in [1.29, 1.82) is 0 Å². The van der Waals surface area contributed by atoms with Crippen LogP contribution in [0.25, 0.3) is 0 Å². The number of aliphatic hydroxyl groups is 1. The molecule has 0 aromatic carbocycles. The van der Waals surface area contributed by atoms with Gasteiger partial charge < -0.3 is 10.0 Å². The van der Waals surface area contributed by atoms with E-state index in [9.17, 15) is 5.11 Å². The van der Waals surface area contributed by atoms with Crippen LogP contribution in [0.2, 0.25) is 0 Å². The lowest BCUT2D eigenvalue weighted by molar-refractivity contribution is -0.00904. The Hall–Kier alpha value is -0.0800. The smallest absolute Gasteiger partial charge is 0.0695 e. The first kappa shape index (κ1) is 12.4. The molecule has 2 aliphatic rings. The fourth-order valence-corrected chi connectivity index (χ4v) is 3.14. The average molecular weight is 225 g/mol. The summed E-state index contributed by atoms with van der Waals surface area (Å²) in [4.78, 5) is 2.42. The third-order valence-electron chi connectivity index (χ3n) is 4.69. The third kappa shape index (κ3) is 2.78. The van der Waals surface area contributed by atoms with E-state index in [1.54, 1.807) is 0 Å². The third-order valence-corrected chi connectivity index (χ3v) is 4.69. The second-order valence-electron chi connectivity index (χ2n) is 6.95. The van der Waals surface area contributed by atoms with E-state index < -0.39 is 0 Å². The summed E-state index contributed by atoms with van der Waals surface area (Å²) in [5.74, 6) is 1.80. The lowest BCUT2D eigenvalue weighted by Gasteiger charge is -2.43. The van der Waals surface area contributed by atoms with E-state index >= 15 is 0 Å². The Morgan fingerprint density at radius 1 is 1.38 bits per heavy atom. The second-order valence-corrected chi connectivity index (χ2v) is 6.95. The Bertz CT molecular complexity index is 251. The molecule has 0 radical (unpaired) electrons. The summed E-state index contributed by atoms with van der Waals surface area (Å²) in [5.41, 5.74) is 0.410. The maximum Gasteiger partial charge on any atom is 0.0695 e. The van der Waals surface area contributed by atoms with Crippen LogP contribution in [0.1, 0.15) is 46.5 Å². The molecule has 4 unspecified atom stereocenters. The predicted octanol–water partition coefficient (Wildman–Crippen LogP) is 2.51. The highest BCUT2D eigenvalue weighted by molar-refractivity contribution is 4.92. The molecule has 0 heterocycles. The molecule has 2 saturated carbocycles. The van der Waals surface area contributed by atoms with Crippen LogP contribution in [0.5, 0.6) is 0 Å². The van der Waals surface area contributed by atoms with Crippen molar-refractivity contribution in [3.63, 3.8) is 0 Å². The van der Waals surface area contributed by atoms with Crippen molar-refractivity contribution in [1.82, 2.24) is 4.90 Å². The molecule has 1 N–H and O–H groups in total. The second kappa shape index (κ2) is 4.30. The first-order valence-electron chi connectivity index (χ1n) is 6.77. The summed E-state index contributed by atoms with van der Waals surface area (Å²) < 4.78 is 0. The molecule has 4 atom stereocenters. The largest absolute Gasteiger partial charge is 0.391 e. The van der Waals surface area contributed by atoms with E-state index in [-0.39, 0.29) is 6.10 Å². The Kier molecular flexibility index (Phi) is 3.33. The molecule has 0 amide bonds. The van der Waals surface area contributed by atoms with Gasteiger partial charge in [-0.1, -0.05) is 20.8 Å². The molecule has 0 bridgehead atoms. The number of nitrogens with zero attached hydrogens (tertiary/aromatic N) is 1. The van der Waals surface area contributed by atoms with Gasteiger partial charge in [0.05, 0.1) is 6.10 Å². The summed E-state index contributed by atoms with van der Waals surface area (Å²) >= 11 is 0. The van der Waals surface area contributed by atoms with Crippen molar-refractivity contribution in [2.75, 3.05) is 13.6 Å². The Balaban J connectivity index is 1.90. The maximum absolute atomic E-state index is 10.1. The minimum Gasteiger partial charge on any atom is -0.391 e. The fourth-order valence-electron chi connectivity index (χ4n) is 3.14. The zero-order valence-corrected chi connectivity index (χ0v) is 11.2. The highest BCUT2D eigenvalue weighted by Crippen LogP contribution is 2.41. The summed E-state index contributed by atoms with van der Waals surface area (Å²) in [6.07, 6.45) is 4.56. The molecular formula is C14H27NO. The quantitative estimate of drug-likeness (QED) is 0.798. The summed E-state index contributed by atoms with van der Waals surface area (Å²) in [6, 6.07) is 0.386. The maximum atomic E-state index is 10.1. The van der Waals surface area contributed by atoms with Crippen LogP contribution < -0.4 is 0 Å². The van der Waals surface area contributed by atoms with Gasteiger partial charge in [0.25, 0.3) is 0 Å². The number of aliphatic hydroxyl groups excluding tert-OH is 1. The average Bonchev–Trinajstić information content (AvgIpc) is 2.86. The molecule has 0 aliphatic heterocycles. The summed E-state index contributed by atoms with van der Waals surface area (Å²) in [7, 11) is 2.19. The van der Waals surface area contributed by atoms with E-state index in [2.05, 4.69) is 32.7 Å². The molecule has 2 nitrogen and oxygen atoms in total. The Morgan fingerprint density at radius 2 is 2.00 bits per heavy atom. The van der Waals surface area contributed by atoms with Gasteiger partial charge in [0.15, 0.2) is 0 Å². The molecule has 94 valence electrons. The van der Waals surface area contributed by atoms with Crippen LogP contribution in [0, 0.1) is 17.3 Å². The molecule has 2 heteroatoms. The fraction of sp³-hybridized carbons (Fsp3) is 1.00. The number of hydrogen-bond donors (Lipinski definition) is 1. The van der Waals surface area contributed by atoms with Gasteiger partial charge in [-0.05, 0) is 50.0 Å². The highest BCUT2D eigenvalue weighted by atomic mass is 16.3. The topological polar surface area (TPSA) is 23.5 Å². The van der Waals surface area contributed by atoms with Crippen molar-refractivity contribution in [3.8, 4) is 0 Å². The minimum absolute atomic E-state index is 0.105. The number of likely N-dealkylation sites (N-methyl/N-ethyl adjacent to an activating group) is 1. The molecular weight excluding hydrogens is 198 g/mol. The van der Waals surface area contributed by atoms with E-state index in [4.69, 9.17) is 0 Å². The van der Waals surface area contributed by atoms with Crippen molar-refractivity contribution >= 4 is 0 Å². The number of rotatable bonds is 3. The van der Waals surface area contributed by atoms with Crippen LogP contribution in [-0.2, 0) is 0 Å². The van der Waals surface area contributed by atoms with Gasteiger partial charge in [-0.2, -0.15) is 0 Å². The number of hydrogen-bond acceptors (Lipinski definition) is 2. The van der Waals surface area contributed by atoms with Crippen molar-refractivity contribution in [2.24, 2.45) is 17.3 Å². The van der Waals surface area contributed by atoms with Gasteiger partial charge in [0.1, 0.15) is 0 Å². The first-order valence-corrected chi connectivity index (χ1v) is 6.77. The molecule has 0 aromatic heterocycles. The van der Waals surface area contributed by atoms with E-state index in [1.165, 1.54) is 19.4 Å². The van der Waals surface area contributed by atoms with Gasteiger partial charge in [-0.25, -0.2) is 0 Å². The van der Waals surface area contributed by atoms with Gasteiger partial charge >= 0.3 is 0 Å². The molecule has 0 aromatic rings. The van der Waals surface area contributed by atoms with Gasteiger partial charge in [0.2, 0.25) is 0 Å². The van der Waals surface area contributed by atoms with Crippen LogP contribution >= 0.6 is 0 Å². The summed E-state index contributed by atoms with van der Waals surface area (Å²) in [5, 5.41) is 10.1. The SMILES string of the molecule is CC1CC1CN(C)C1CC(C)(C)CCC1O. The standard InChI is InChI=1S/C14H27NO/c1-10-7-11(10)9-15(4)12-8-14(2,3)6-5-13(12)16/h10-13,16H,5-9H2,1-4H3. The lowest BCUT2D eigenvalue weighted by Crippen LogP contribution is -2.48. The highest BCUT2D eigenvalue weighted by Gasteiger charge is 2.39. The Morgan fingerprint density at radius 3 is 2.56 bits per heavy atom. The van der Waals surface area contributed by atoms with Gasteiger partial charge in [-0.15, -0.1) is 0 Å². The molecule has 2 aliphatic carbocycles. The first-order chi connectivity index (χ1) is 7.39. The molecule has 2 rings (SSSR count). The van der Waals surface area contributed by atoms with E-state index in [0.29, 0.717) is 11.5 Å². The predicted molar refractivity (Wildman–Crippen MR) is 67.3 cm³/mol. The monoisotopic (exact) mass is 225 g/mol. The zero-order valence-electron chi connectivity index (χ0n) is 11.2. The minimum atomic E-state index is -0.105. The van der Waals surface area contributed by atoms with E-state index in [0.717, 1.165) is 24.7 Å². The normalized spacial score (nSPS) is 42.4. The summed E-state index contributed by atoms with van der Waals surface area (Å²) in [6.45, 7) is 8.18. The van der Waals surface area contributed by atoms with Gasteiger partial charge in [-0.3, -0.25) is 0 Å². The van der Waals surface area contributed by atoms with Crippen LogP contribution in [0.15, 0.2) is 0 Å². The zero-order chi connectivity index (χ0) is 11.9.